The third-order valence-corrected chi connectivity index (χ3v) is 2.47. The number of hydrogen-bond acceptors (Lipinski definition) is 3. The third-order valence-electron chi connectivity index (χ3n) is 2.47. The zero-order valence-electron chi connectivity index (χ0n) is 10.3. The van der Waals surface area contributed by atoms with Crippen molar-refractivity contribution in [2.24, 2.45) is 0 Å². The monoisotopic (exact) mass is 279 g/mol. The Morgan fingerprint density at radius 1 is 1.37 bits per heavy atom. The van der Waals surface area contributed by atoms with E-state index in [-0.39, 0.29) is 12.3 Å². The SMILES string of the molecule is CCOC(=O)C(C)(Nc1cccc(F)c1)C(F)(F)F. The number of halogens is 4. The number of esters is 1. The van der Waals surface area contributed by atoms with Crippen molar-refractivity contribution in [2.75, 3.05) is 11.9 Å². The van der Waals surface area contributed by atoms with Crippen molar-refractivity contribution >= 4 is 11.7 Å². The summed E-state index contributed by atoms with van der Waals surface area (Å²) in [5.41, 5.74) is -3.09. The van der Waals surface area contributed by atoms with Gasteiger partial charge in [-0.05, 0) is 32.0 Å². The standard InChI is InChI=1S/C12H13F4NO2/c1-3-19-10(18)11(2,12(14,15)16)17-9-6-4-5-8(13)7-9/h4-7,17H,3H2,1-2H3. The van der Waals surface area contributed by atoms with Gasteiger partial charge in [0.2, 0.25) is 5.54 Å². The van der Waals surface area contributed by atoms with Gasteiger partial charge in [0.25, 0.3) is 0 Å². The van der Waals surface area contributed by atoms with Gasteiger partial charge in [-0.25, -0.2) is 9.18 Å². The lowest BCUT2D eigenvalue weighted by Gasteiger charge is -2.31. The molecule has 1 aromatic carbocycles. The minimum Gasteiger partial charge on any atom is -0.464 e. The largest absolute Gasteiger partial charge is 0.464 e. The van der Waals surface area contributed by atoms with Gasteiger partial charge in [0.15, 0.2) is 0 Å². The lowest BCUT2D eigenvalue weighted by Crippen LogP contribution is -2.56. The molecule has 0 saturated carbocycles. The molecule has 106 valence electrons. The molecule has 1 aromatic rings. The average Bonchev–Trinajstić information content (AvgIpc) is 2.27. The summed E-state index contributed by atoms with van der Waals surface area (Å²) in [7, 11) is 0. The van der Waals surface area contributed by atoms with E-state index in [4.69, 9.17) is 0 Å². The maximum Gasteiger partial charge on any atom is 0.422 e. The number of nitrogens with one attached hydrogen (secondary N) is 1. The van der Waals surface area contributed by atoms with Gasteiger partial charge < -0.3 is 10.1 Å². The van der Waals surface area contributed by atoms with Crippen LogP contribution < -0.4 is 5.32 Å². The molecule has 3 nitrogen and oxygen atoms in total. The van der Waals surface area contributed by atoms with E-state index in [0.717, 1.165) is 12.1 Å². The van der Waals surface area contributed by atoms with Crippen molar-refractivity contribution in [1.29, 1.82) is 0 Å². The predicted octanol–water partition coefficient (Wildman–Crippen LogP) is 3.12. The molecule has 0 spiro atoms. The normalized spacial score (nSPS) is 14.6. The average molecular weight is 279 g/mol. The highest BCUT2D eigenvalue weighted by atomic mass is 19.4. The van der Waals surface area contributed by atoms with Crippen LogP contribution >= 0.6 is 0 Å². The van der Waals surface area contributed by atoms with E-state index in [1.165, 1.54) is 19.1 Å². The van der Waals surface area contributed by atoms with Crippen LogP contribution in [0.5, 0.6) is 0 Å². The maximum atomic E-state index is 13.0. The molecule has 0 aliphatic rings. The van der Waals surface area contributed by atoms with Crippen molar-refractivity contribution in [3.05, 3.63) is 30.1 Å². The Morgan fingerprint density at radius 2 is 2.00 bits per heavy atom. The van der Waals surface area contributed by atoms with Crippen LogP contribution in [0.4, 0.5) is 23.2 Å². The molecule has 0 aliphatic carbocycles. The molecule has 1 rings (SSSR count). The molecule has 0 saturated heterocycles. The summed E-state index contributed by atoms with van der Waals surface area (Å²) in [6.07, 6.45) is -4.88. The summed E-state index contributed by atoms with van der Waals surface area (Å²) in [4.78, 5) is 11.5. The van der Waals surface area contributed by atoms with E-state index in [1.807, 2.05) is 5.32 Å². The first kappa shape index (κ1) is 15.3. The predicted molar refractivity (Wildman–Crippen MR) is 61.1 cm³/mol. The molecule has 19 heavy (non-hydrogen) atoms. The second-order valence-electron chi connectivity index (χ2n) is 3.98. The van der Waals surface area contributed by atoms with Gasteiger partial charge in [0.1, 0.15) is 5.82 Å². The molecule has 0 bridgehead atoms. The summed E-state index contributed by atoms with van der Waals surface area (Å²) in [6, 6.07) is 4.41. The molecule has 0 radical (unpaired) electrons. The Balaban J connectivity index is 3.09. The Bertz CT molecular complexity index is 461. The van der Waals surface area contributed by atoms with Gasteiger partial charge in [-0.3, -0.25) is 0 Å². The maximum absolute atomic E-state index is 13.0. The number of alkyl halides is 3. The van der Waals surface area contributed by atoms with Crippen LogP contribution in [-0.4, -0.2) is 24.3 Å². The first-order chi connectivity index (χ1) is 8.70. The van der Waals surface area contributed by atoms with E-state index in [9.17, 15) is 22.4 Å². The van der Waals surface area contributed by atoms with E-state index in [1.54, 1.807) is 0 Å². The zero-order chi connectivity index (χ0) is 14.7. The Hall–Kier alpha value is -1.79. The van der Waals surface area contributed by atoms with Crippen LogP contribution in [0.1, 0.15) is 13.8 Å². The van der Waals surface area contributed by atoms with Crippen LogP contribution in [0.15, 0.2) is 24.3 Å². The number of rotatable bonds is 4. The van der Waals surface area contributed by atoms with Gasteiger partial charge in [0, 0.05) is 5.69 Å². The Morgan fingerprint density at radius 3 is 2.47 bits per heavy atom. The fourth-order valence-corrected chi connectivity index (χ4v) is 1.37. The minimum absolute atomic E-state index is 0.159. The molecular weight excluding hydrogens is 266 g/mol. The summed E-state index contributed by atoms with van der Waals surface area (Å²) in [5, 5.41) is 1.98. The Labute approximate surface area is 107 Å². The summed E-state index contributed by atoms with van der Waals surface area (Å²) < 4.78 is 56.4. The van der Waals surface area contributed by atoms with Crippen LogP contribution in [0, 0.1) is 5.82 Å². The van der Waals surface area contributed by atoms with Crippen molar-refractivity contribution in [3.63, 3.8) is 0 Å². The van der Waals surface area contributed by atoms with Crippen molar-refractivity contribution in [2.45, 2.75) is 25.6 Å². The quantitative estimate of drug-likeness (QED) is 0.679. The van der Waals surface area contributed by atoms with Gasteiger partial charge >= 0.3 is 12.1 Å². The first-order valence-corrected chi connectivity index (χ1v) is 5.48. The van der Waals surface area contributed by atoms with Crippen molar-refractivity contribution < 1.29 is 27.1 Å². The lowest BCUT2D eigenvalue weighted by molar-refractivity contribution is -0.196. The third kappa shape index (κ3) is 3.36. The summed E-state index contributed by atoms with van der Waals surface area (Å²) in [6.45, 7) is 1.86. The molecule has 7 heteroatoms. The number of benzene rings is 1. The highest BCUT2D eigenvalue weighted by Gasteiger charge is 2.58. The minimum atomic E-state index is -4.88. The fourth-order valence-electron chi connectivity index (χ4n) is 1.37. The number of hydrogen-bond donors (Lipinski definition) is 1. The van der Waals surface area contributed by atoms with Crippen molar-refractivity contribution in [1.82, 2.24) is 0 Å². The van der Waals surface area contributed by atoms with Crippen LogP contribution in [-0.2, 0) is 9.53 Å². The highest BCUT2D eigenvalue weighted by Crippen LogP contribution is 2.34. The second kappa shape index (κ2) is 5.46. The molecule has 1 atom stereocenters. The molecule has 1 N–H and O–H groups in total. The smallest absolute Gasteiger partial charge is 0.422 e. The van der Waals surface area contributed by atoms with Gasteiger partial charge in [-0.15, -0.1) is 0 Å². The summed E-state index contributed by atoms with van der Waals surface area (Å²) >= 11 is 0. The van der Waals surface area contributed by atoms with Gasteiger partial charge in [-0.1, -0.05) is 6.07 Å². The first-order valence-electron chi connectivity index (χ1n) is 5.48. The van der Waals surface area contributed by atoms with Crippen LogP contribution in [0.25, 0.3) is 0 Å². The van der Waals surface area contributed by atoms with Crippen LogP contribution in [0.3, 0.4) is 0 Å². The molecule has 1 unspecified atom stereocenters. The zero-order valence-corrected chi connectivity index (χ0v) is 10.3. The van der Waals surface area contributed by atoms with Crippen molar-refractivity contribution in [3.8, 4) is 0 Å². The lowest BCUT2D eigenvalue weighted by atomic mass is 10.0. The number of anilines is 1. The highest BCUT2D eigenvalue weighted by molar-refractivity contribution is 5.85. The molecule has 0 aromatic heterocycles. The molecule has 0 fully saturated rings. The number of ether oxygens (including phenoxy) is 1. The van der Waals surface area contributed by atoms with E-state index >= 15 is 0 Å². The van der Waals surface area contributed by atoms with Gasteiger partial charge in [-0.2, -0.15) is 13.2 Å². The van der Waals surface area contributed by atoms with Gasteiger partial charge in [0.05, 0.1) is 6.61 Å². The molecule has 0 amide bonds. The number of carbonyl (C=O) groups is 1. The van der Waals surface area contributed by atoms with E-state index < -0.39 is 23.5 Å². The fraction of sp³-hybridized carbons (Fsp3) is 0.417. The Kier molecular flexibility index (Phi) is 4.39. The molecular formula is C12H13F4NO2. The number of carbonyl (C=O) groups excluding carboxylic acids is 1. The molecule has 0 aliphatic heterocycles. The topological polar surface area (TPSA) is 38.3 Å². The summed E-state index contributed by atoms with van der Waals surface area (Å²) in [5.74, 6) is -2.18. The molecule has 0 heterocycles. The van der Waals surface area contributed by atoms with E-state index in [0.29, 0.717) is 6.92 Å². The second-order valence-corrected chi connectivity index (χ2v) is 3.98. The van der Waals surface area contributed by atoms with Crippen LogP contribution in [0.2, 0.25) is 0 Å². The van der Waals surface area contributed by atoms with E-state index in [2.05, 4.69) is 4.74 Å².